The van der Waals surface area contributed by atoms with Crippen LogP contribution >= 0.6 is 0 Å². The summed E-state index contributed by atoms with van der Waals surface area (Å²) in [6.45, 7) is 0.543. The van der Waals surface area contributed by atoms with Crippen LogP contribution in [0.5, 0.6) is 0 Å². The van der Waals surface area contributed by atoms with Gasteiger partial charge in [0.1, 0.15) is 0 Å². The summed E-state index contributed by atoms with van der Waals surface area (Å²) in [5, 5.41) is 11.4. The number of aromatic amines is 1. The Hall–Kier alpha value is -2.08. The van der Waals surface area contributed by atoms with E-state index in [1.807, 2.05) is 6.07 Å². The summed E-state index contributed by atoms with van der Waals surface area (Å²) in [6.07, 6.45) is 1.48. The monoisotopic (exact) mass is 264 g/mol. The summed E-state index contributed by atoms with van der Waals surface area (Å²) >= 11 is 0. The molecular weight excluding hydrogens is 248 g/mol. The third-order valence-corrected chi connectivity index (χ3v) is 2.78. The van der Waals surface area contributed by atoms with Crippen LogP contribution in [0.2, 0.25) is 0 Å². The van der Waals surface area contributed by atoms with Gasteiger partial charge in [-0.2, -0.15) is 0 Å². The summed E-state index contributed by atoms with van der Waals surface area (Å²) in [7, 11) is 0. The molecule has 19 heavy (non-hydrogen) atoms. The molecule has 0 bridgehead atoms. The van der Waals surface area contributed by atoms with Crippen molar-refractivity contribution >= 4 is 17.0 Å². The molecule has 0 fully saturated rings. The number of hydrogen-bond acceptors (Lipinski definition) is 4. The smallest absolute Gasteiger partial charge is 0.408 e. The first-order chi connectivity index (χ1) is 9.19. The summed E-state index contributed by atoms with van der Waals surface area (Å²) in [6, 6.07) is 5.45. The topological polar surface area (TPSA) is 95.3 Å². The summed E-state index contributed by atoms with van der Waals surface area (Å²) in [5.41, 5.74) is 2.17. The van der Waals surface area contributed by atoms with Crippen LogP contribution in [0.15, 0.2) is 27.4 Å². The van der Waals surface area contributed by atoms with E-state index < -0.39 is 5.76 Å². The first kappa shape index (κ1) is 13.4. The molecule has 1 aromatic carbocycles. The van der Waals surface area contributed by atoms with Gasteiger partial charge in [0, 0.05) is 19.6 Å². The predicted octanol–water partition coefficient (Wildman–Crippen LogP) is 0.552. The highest BCUT2D eigenvalue weighted by atomic mass is 16.4. The molecule has 3 N–H and O–H groups in total. The van der Waals surface area contributed by atoms with Crippen LogP contribution < -0.4 is 11.1 Å². The van der Waals surface area contributed by atoms with E-state index in [-0.39, 0.29) is 12.5 Å². The molecule has 0 unspecified atom stereocenters. The van der Waals surface area contributed by atoms with Crippen LogP contribution in [0.3, 0.4) is 0 Å². The number of oxazole rings is 1. The Bertz CT molecular complexity index is 614. The van der Waals surface area contributed by atoms with Crippen LogP contribution in [0.1, 0.15) is 18.4 Å². The zero-order valence-electron chi connectivity index (χ0n) is 10.4. The van der Waals surface area contributed by atoms with Gasteiger partial charge in [0.2, 0.25) is 5.91 Å². The van der Waals surface area contributed by atoms with Gasteiger partial charge in [-0.15, -0.1) is 0 Å². The molecule has 1 amide bonds. The lowest BCUT2D eigenvalue weighted by Crippen LogP contribution is -2.25. The maximum absolute atomic E-state index is 11.3. The first-order valence-electron chi connectivity index (χ1n) is 6.18. The van der Waals surface area contributed by atoms with E-state index in [4.69, 9.17) is 9.52 Å². The van der Waals surface area contributed by atoms with E-state index in [9.17, 15) is 9.59 Å². The minimum atomic E-state index is -0.468. The number of rotatable bonds is 6. The molecule has 0 atom stereocenters. The minimum absolute atomic E-state index is 0.0244. The molecule has 0 aliphatic carbocycles. The number of carbonyl (C=O) groups excluding carboxylic acids is 1. The van der Waals surface area contributed by atoms with Crippen molar-refractivity contribution in [3.8, 4) is 0 Å². The van der Waals surface area contributed by atoms with E-state index in [1.54, 1.807) is 12.1 Å². The van der Waals surface area contributed by atoms with Crippen LogP contribution in [0.4, 0.5) is 0 Å². The molecule has 6 heteroatoms. The van der Waals surface area contributed by atoms with Crippen LogP contribution in [0, 0.1) is 0 Å². The van der Waals surface area contributed by atoms with Gasteiger partial charge >= 0.3 is 5.76 Å². The van der Waals surface area contributed by atoms with E-state index in [0.29, 0.717) is 36.9 Å². The van der Waals surface area contributed by atoms with Gasteiger partial charge in [0.15, 0.2) is 5.58 Å². The second-order valence-electron chi connectivity index (χ2n) is 4.27. The number of H-pyrrole nitrogens is 1. The van der Waals surface area contributed by atoms with E-state index in [0.717, 1.165) is 5.56 Å². The second-order valence-corrected chi connectivity index (χ2v) is 4.27. The van der Waals surface area contributed by atoms with Crippen molar-refractivity contribution in [1.82, 2.24) is 10.3 Å². The number of aromatic nitrogens is 1. The first-order valence-corrected chi connectivity index (χ1v) is 6.18. The Balaban J connectivity index is 1.87. The van der Waals surface area contributed by atoms with Crippen molar-refractivity contribution in [1.29, 1.82) is 0 Å². The van der Waals surface area contributed by atoms with Crippen molar-refractivity contribution in [2.75, 3.05) is 13.2 Å². The maximum atomic E-state index is 11.3. The van der Waals surface area contributed by atoms with Crippen LogP contribution in [-0.2, 0) is 11.2 Å². The predicted molar refractivity (Wildman–Crippen MR) is 69.9 cm³/mol. The number of amides is 1. The molecule has 2 aromatic rings. The zero-order valence-corrected chi connectivity index (χ0v) is 10.4. The zero-order chi connectivity index (χ0) is 13.7. The SMILES string of the molecule is O=C(CCCO)NCCc1ccc2[nH]c(=O)oc2c1. The molecule has 1 aromatic heterocycles. The lowest BCUT2D eigenvalue weighted by atomic mass is 10.1. The fraction of sp³-hybridized carbons (Fsp3) is 0.385. The number of nitrogens with one attached hydrogen (secondary N) is 2. The normalized spacial score (nSPS) is 10.8. The molecule has 0 saturated heterocycles. The molecule has 0 aliphatic rings. The summed E-state index contributed by atoms with van der Waals surface area (Å²) in [4.78, 5) is 24.9. The standard InChI is InChI=1S/C13H16N2O4/c16-7-1-2-12(17)14-6-5-9-3-4-10-11(8-9)19-13(18)15-10/h3-4,8,16H,1-2,5-7H2,(H,14,17)(H,15,18). The van der Waals surface area contributed by atoms with Gasteiger partial charge in [0.25, 0.3) is 0 Å². The van der Waals surface area contributed by atoms with Crippen molar-refractivity contribution in [3.05, 3.63) is 34.3 Å². The van der Waals surface area contributed by atoms with E-state index in [2.05, 4.69) is 10.3 Å². The van der Waals surface area contributed by atoms with Gasteiger partial charge in [-0.25, -0.2) is 4.79 Å². The van der Waals surface area contributed by atoms with Gasteiger partial charge < -0.3 is 14.8 Å². The molecule has 0 saturated carbocycles. The van der Waals surface area contributed by atoms with E-state index in [1.165, 1.54) is 0 Å². The van der Waals surface area contributed by atoms with Crippen molar-refractivity contribution < 1.29 is 14.3 Å². The Morgan fingerprint density at radius 3 is 3.05 bits per heavy atom. The number of benzene rings is 1. The fourth-order valence-corrected chi connectivity index (χ4v) is 1.82. The molecule has 6 nitrogen and oxygen atoms in total. The summed E-state index contributed by atoms with van der Waals surface area (Å²) < 4.78 is 4.96. The van der Waals surface area contributed by atoms with Crippen LogP contribution in [-0.4, -0.2) is 29.1 Å². The van der Waals surface area contributed by atoms with Crippen LogP contribution in [0.25, 0.3) is 11.1 Å². The van der Waals surface area contributed by atoms with Gasteiger partial charge in [0.05, 0.1) is 5.52 Å². The summed E-state index contributed by atoms with van der Waals surface area (Å²) in [5.74, 6) is -0.534. The fourth-order valence-electron chi connectivity index (χ4n) is 1.82. The Morgan fingerprint density at radius 1 is 1.42 bits per heavy atom. The highest BCUT2D eigenvalue weighted by molar-refractivity contribution is 5.76. The largest absolute Gasteiger partial charge is 0.417 e. The Kier molecular flexibility index (Phi) is 4.35. The van der Waals surface area contributed by atoms with Gasteiger partial charge in [-0.1, -0.05) is 6.07 Å². The number of aliphatic hydroxyl groups is 1. The number of carbonyl (C=O) groups is 1. The average Bonchev–Trinajstić information content (AvgIpc) is 2.75. The van der Waals surface area contributed by atoms with Gasteiger partial charge in [-0.3, -0.25) is 9.78 Å². The molecule has 1 heterocycles. The second kappa shape index (κ2) is 6.19. The highest BCUT2D eigenvalue weighted by Crippen LogP contribution is 2.12. The molecule has 0 spiro atoms. The molecule has 0 radical (unpaired) electrons. The molecular formula is C13H16N2O4. The quantitative estimate of drug-likeness (QED) is 0.710. The van der Waals surface area contributed by atoms with Crippen molar-refractivity contribution in [3.63, 3.8) is 0 Å². The number of fused-ring (bicyclic) bond motifs is 1. The highest BCUT2D eigenvalue weighted by Gasteiger charge is 2.03. The average molecular weight is 264 g/mol. The third-order valence-electron chi connectivity index (χ3n) is 2.78. The van der Waals surface area contributed by atoms with Gasteiger partial charge in [-0.05, 0) is 30.5 Å². The Labute approximate surface area is 109 Å². The van der Waals surface area contributed by atoms with Crippen molar-refractivity contribution in [2.45, 2.75) is 19.3 Å². The third kappa shape index (κ3) is 3.69. The lowest BCUT2D eigenvalue weighted by Gasteiger charge is -2.04. The minimum Gasteiger partial charge on any atom is -0.408 e. The lowest BCUT2D eigenvalue weighted by molar-refractivity contribution is -0.121. The molecule has 2 rings (SSSR count). The van der Waals surface area contributed by atoms with Crippen molar-refractivity contribution in [2.24, 2.45) is 0 Å². The molecule has 0 aliphatic heterocycles. The number of hydrogen-bond donors (Lipinski definition) is 3. The molecule has 102 valence electrons. The maximum Gasteiger partial charge on any atom is 0.417 e. The number of aliphatic hydroxyl groups excluding tert-OH is 1. The van der Waals surface area contributed by atoms with E-state index >= 15 is 0 Å². The Morgan fingerprint density at radius 2 is 2.26 bits per heavy atom.